The van der Waals surface area contributed by atoms with Gasteiger partial charge in [-0.1, -0.05) is 24.3 Å². The Labute approximate surface area is 77.1 Å². The van der Waals surface area contributed by atoms with Crippen molar-refractivity contribution < 1.29 is 4.79 Å². The maximum Gasteiger partial charge on any atom is 0.150 e. The standard InChI is InChI=1S/C11H9NO/c1-9(7-12)6-10-2-4-11(8-13)5-3-10/h2-6,8H,1H3. The summed E-state index contributed by atoms with van der Waals surface area (Å²) >= 11 is 0. The van der Waals surface area contributed by atoms with Crippen LogP contribution in [0.15, 0.2) is 29.8 Å². The van der Waals surface area contributed by atoms with Crippen LogP contribution in [0.5, 0.6) is 0 Å². The molecular weight excluding hydrogens is 162 g/mol. The number of allylic oxidation sites excluding steroid dienone is 1. The topological polar surface area (TPSA) is 40.9 Å². The Bertz CT molecular complexity index is 368. The number of nitrogens with zero attached hydrogens (tertiary/aromatic N) is 1. The number of nitriles is 1. The molecule has 1 aromatic rings. The summed E-state index contributed by atoms with van der Waals surface area (Å²) in [6.45, 7) is 1.74. The highest BCUT2D eigenvalue weighted by Crippen LogP contribution is 2.07. The zero-order valence-electron chi connectivity index (χ0n) is 7.32. The van der Waals surface area contributed by atoms with Gasteiger partial charge in [0.25, 0.3) is 0 Å². The van der Waals surface area contributed by atoms with Gasteiger partial charge in [-0.3, -0.25) is 4.79 Å². The van der Waals surface area contributed by atoms with E-state index < -0.39 is 0 Å². The van der Waals surface area contributed by atoms with Crippen LogP contribution in [-0.2, 0) is 0 Å². The van der Waals surface area contributed by atoms with Crippen LogP contribution in [0.2, 0.25) is 0 Å². The molecule has 13 heavy (non-hydrogen) atoms. The minimum Gasteiger partial charge on any atom is -0.298 e. The van der Waals surface area contributed by atoms with Gasteiger partial charge < -0.3 is 0 Å². The van der Waals surface area contributed by atoms with Crippen molar-refractivity contribution in [1.29, 1.82) is 5.26 Å². The fourth-order valence-electron chi connectivity index (χ4n) is 0.953. The van der Waals surface area contributed by atoms with Crippen LogP contribution < -0.4 is 0 Å². The molecule has 0 amide bonds. The summed E-state index contributed by atoms with van der Waals surface area (Å²) in [5.74, 6) is 0. The Balaban J connectivity index is 2.94. The van der Waals surface area contributed by atoms with Gasteiger partial charge in [0, 0.05) is 11.1 Å². The van der Waals surface area contributed by atoms with E-state index in [2.05, 4.69) is 0 Å². The first-order valence-corrected chi connectivity index (χ1v) is 3.90. The lowest BCUT2D eigenvalue weighted by Crippen LogP contribution is -1.79. The molecular formula is C11H9NO. The summed E-state index contributed by atoms with van der Waals surface area (Å²) in [5.41, 5.74) is 2.23. The van der Waals surface area contributed by atoms with E-state index in [9.17, 15) is 4.79 Å². The van der Waals surface area contributed by atoms with E-state index in [1.165, 1.54) is 0 Å². The Hall–Kier alpha value is -1.88. The van der Waals surface area contributed by atoms with Crippen molar-refractivity contribution in [1.82, 2.24) is 0 Å². The minimum atomic E-state index is 0.645. The van der Waals surface area contributed by atoms with Gasteiger partial charge in [-0.15, -0.1) is 0 Å². The summed E-state index contributed by atoms with van der Waals surface area (Å²) in [7, 11) is 0. The van der Waals surface area contributed by atoms with Crippen LogP contribution >= 0.6 is 0 Å². The summed E-state index contributed by atoms with van der Waals surface area (Å²) in [6.07, 6.45) is 2.57. The second-order valence-corrected chi connectivity index (χ2v) is 2.72. The molecule has 0 bridgehead atoms. The van der Waals surface area contributed by atoms with Gasteiger partial charge in [0.1, 0.15) is 6.29 Å². The summed E-state index contributed by atoms with van der Waals surface area (Å²) in [6, 6.07) is 9.11. The SMILES string of the molecule is CC(C#N)=Cc1ccc(C=O)cc1. The molecule has 2 nitrogen and oxygen atoms in total. The first kappa shape index (κ1) is 9.21. The number of rotatable bonds is 2. The van der Waals surface area contributed by atoms with Gasteiger partial charge >= 0.3 is 0 Å². The van der Waals surface area contributed by atoms with Gasteiger partial charge in [-0.05, 0) is 18.6 Å². The molecule has 2 heteroatoms. The van der Waals surface area contributed by atoms with Crippen molar-refractivity contribution in [2.45, 2.75) is 6.92 Å². The molecule has 1 rings (SSSR count). The third-order valence-corrected chi connectivity index (χ3v) is 1.63. The van der Waals surface area contributed by atoms with Crippen LogP contribution in [-0.4, -0.2) is 6.29 Å². The number of aldehydes is 1. The van der Waals surface area contributed by atoms with Gasteiger partial charge in [-0.2, -0.15) is 5.26 Å². The van der Waals surface area contributed by atoms with E-state index in [1.807, 2.05) is 18.2 Å². The first-order chi connectivity index (χ1) is 6.26. The van der Waals surface area contributed by atoms with Crippen LogP contribution in [0.1, 0.15) is 22.8 Å². The fraction of sp³-hybridized carbons (Fsp3) is 0.0909. The molecule has 0 heterocycles. The lowest BCUT2D eigenvalue weighted by Gasteiger charge is -1.93. The molecule has 0 spiro atoms. The van der Waals surface area contributed by atoms with Crippen LogP contribution in [0, 0.1) is 11.3 Å². The average Bonchev–Trinajstić information content (AvgIpc) is 2.19. The van der Waals surface area contributed by atoms with Crippen molar-refractivity contribution in [2.75, 3.05) is 0 Å². The molecule has 0 fully saturated rings. The largest absolute Gasteiger partial charge is 0.298 e. The molecule has 0 N–H and O–H groups in total. The third-order valence-electron chi connectivity index (χ3n) is 1.63. The van der Waals surface area contributed by atoms with Crippen molar-refractivity contribution in [2.24, 2.45) is 0 Å². The van der Waals surface area contributed by atoms with Crippen LogP contribution in [0.3, 0.4) is 0 Å². The number of benzene rings is 1. The van der Waals surface area contributed by atoms with E-state index in [0.29, 0.717) is 11.1 Å². The van der Waals surface area contributed by atoms with E-state index in [4.69, 9.17) is 5.26 Å². The van der Waals surface area contributed by atoms with E-state index >= 15 is 0 Å². The van der Waals surface area contributed by atoms with Crippen LogP contribution in [0.25, 0.3) is 6.08 Å². The lowest BCUT2D eigenvalue weighted by molar-refractivity contribution is 0.112. The highest BCUT2D eigenvalue weighted by molar-refractivity contribution is 5.75. The van der Waals surface area contributed by atoms with E-state index in [1.54, 1.807) is 25.1 Å². The predicted octanol–water partition coefficient (Wildman–Crippen LogP) is 2.43. The molecule has 64 valence electrons. The maximum atomic E-state index is 10.3. The Kier molecular flexibility index (Phi) is 2.99. The molecule has 0 saturated heterocycles. The quantitative estimate of drug-likeness (QED) is 0.506. The Morgan fingerprint density at radius 1 is 1.31 bits per heavy atom. The molecule has 0 aliphatic rings. The first-order valence-electron chi connectivity index (χ1n) is 3.90. The second-order valence-electron chi connectivity index (χ2n) is 2.72. The van der Waals surface area contributed by atoms with Crippen molar-refractivity contribution in [3.05, 3.63) is 41.0 Å². The smallest absolute Gasteiger partial charge is 0.150 e. The Morgan fingerprint density at radius 2 is 1.85 bits per heavy atom. The number of carbonyl (C=O) groups is 1. The van der Waals surface area contributed by atoms with Crippen molar-refractivity contribution in [3.8, 4) is 6.07 Å². The monoisotopic (exact) mass is 171 g/mol. The van der Waals surface area contributed by atoms with Crippen molar-refractivity contribution >= 4 is 12.4 Å². The molecule has 0 aliphatic carbocycles. The van der Waals surface area contributed by atoms with Gasteiger partial charge in [-0.25, -0.2) is 0 Å². The summed E-state index contributed by atoms with van der Waals surface area (Å²) in [5, 5.41) is 8.52. The number of hydrogen-bond donors (Lipinski definition) is 0. The van der Waals surface area contributed by atoms with Gasteiger partial charge in [0.2, 0.25) is 0 Å². The summed E-state index contributed by atoms with van der Waals surface area (Å²) in [4.78, 5) is 10.3. The second kappa shape index (κ2) is 4.22. The van der Waals surface area contributed by atoms with Crippen molar-refractivity contribution in [3.63, 3.8) is 0 Å². The lowest BCUT2D eigenvalue weighted by atomic mass is 10.1. The fourth-order valence-corrected chi connectivity index (χ4v) is 0.953. The molecule has 0 saturated carbocycles. The highest BCUT2D eigenvalue weighted by Gasteiger charge is 1.91. The summed E-state index contributed by atoms with van der Waals surface area (Å²) < 4.78 is 0. The van der Waals surface area contributed by atoms with E-state index in [-0.39, 0.29) is 0 Å². The molecule has 0 radical (unpaired) electrons. The third kappa shape index (κ3) is 2.57. The number of carbonyl (C=O) groups excluding carboxylic acids is 1. The normalized spacial score (nSPS) is 10.6. The van der Waals surface area contributed by atoms with Gasteiger partial charge in [0.15, 0.2) is 0 Å². The zero-order chi connectivity index (χ0) is 9.68. The molecule has 1 aromatic carbocycles. The van der Waals surface area contributed by atoms with Crippen LogP contribution in [0.4, 0.5) is 0 Å². The average molecular weight is 171 g/mol. The molecule has 0 aliphatic heterocycles. The number of hydrogen-bond acceptors (Lipinski definition) is 2. The molecule has 0 unspecified atom stereocenters. The van der Waals surface area contributed by atoms with E-state index in [0.717, 1.165) is 11.8 Å². The Morgan fingerprint density at radius 3 is 2.31 bits per heavy atom. The van der Waals surface area contributed by atoms with Gasteiger partial charge in [0.05, 0.1) is 6.07 Å². The predicted molar refractivity (Wildman–Crippen MR) is 51.1 cm³/mol. The highest BCUT2D eigenvalue weighted by atomic mass is 16.1. The molecule has 0 atom stereocenters. The minimum absolute atomic E-state index is 0.645. The maximum absolute atomic E-state index is 10.3. The molecule has 0 aromatic heterocycles. The zero-order valence-corrected chi connectivity index (χ0v) is 7.32.